The molecule has 0 aliphatic carbocycles. The molecule has 0 unspecified atom stereocenters. The average molecular weight is 448 g/mol. The lowest BCUT2D eigenvalue weighted by Gasteiger charge is -2.30. The molecule has 3 rings (SSSR count). The molecule has 0 aliphatic rings. The van der Waals surface area contributed by atoms with Gasteiger partial charge in [0.2, 0.25) is 0 Å². The summed E-state index contributed by atoms with van der Waals surface area (Å²) in [5.41, 5.74) is -0.180. The number of nitrogens with zero attached hydrogens (tertiary/aromatic N) is 2. The van der Waals surface area contributed by atoms with E-state index in [1.165, 1.54) is 48.8 Å². The highest BCUT2D eigenvalue weighted by Gasteiger charge is 2.43. The zero-order valence-electron chi connectivity index (χ0n) is 18.4. The number of phenolic OH excluding ortho intramolecular Hbond substituents is 2. The Kier molecular flexibility index (Phi) is 7.56. The molecule has 0 aromatic heterocycles. The van der Waals surface area contributed by atoms with Gasteiger partial charge in [-0.2, -0.15) is 0 Å². The molecule has 0 bridgehead atoms. The van der Waals surface area contributed by atoms with Gasteiger partial charge in [0.25, 0.3) is 0 Å². The number of benzene rings is 3. The number of hydrogen-bond acceptors (Lipinski definition) is 6. The van der Waals surface area contributed by atoms with E-state index in [1.807, 2.05) is 0 Å². The smallest absolute Gasteiger partial charge is 0.336 e. The first-order chi connectivity index (χ1) is 15.8. The minimum Gasteiger partial charge on any atom is -0.507 e. The first-order valence-corrected chi connectivity index (χ1v) is 10.4. The van der Waals surface area contributed by atoms with E-state index in [1.54, 1.807) is 50.2 Å². The van der Waals surface area contributed by atoms with Crippen molar-refractivity contribution in [2.45, 2.75) is 25.4 Å². The predicted molar refractivity (Wildman–Crippen MR) is 126 cm³/mol. The van der Waals surface area contributed by atoms with Crippen molar-refractivity contribution in [1.82, 2.24) is 0 Å². The molecule has 2 N–H and O–H groups in total. The van der Waals surface area contributed by atoms with Crippen LogP contribution in [0.25, 0.3) is 0 Å². The highest BCUT2D eigenvalue weighted by Crippen LogP contribution is 2.35. The van der Waals surface area contributed by atoms with Crippen LogP contribution < -0.4 is 0 Å². The Labute approximate surface area is 191 Å². The van der Waals surface area contributed by atoms with Gasteiger partial charge in [0, 0.05) is 23.6 Å². The van der Waals surface area contributed by atoms with E-state index in [0.717, 1.165) is 0 Å². The maximum absolute atomic E-state index is 13.6. The number of para-hydroxylation sites is 2. The summed E-state index contributed by atoms with van der Waals surface area (Å²) in [5.74, 6) is -1.05. The van der Waals surface area contributed by atoms with Crippen LogP contribution >= 0.6 is 0 Å². The molecule has 0 saturated heterocycles. The standard InChI is InChI=1S/C26H25FN2O4/c1-3-33-25(32)26(2,29-17-20-9-5-7-11-23(20)31)24(18-12-14-21(27)15-13-18)28-16-19-8-4-6-10-22(19)30/h4-17,24,30-31H,3H2,1-2H3/t24-,26+/m0/s1. The molecule has 3 aromatic carbocycles. The summed E-state index contributed by atoms with van der Waals surface area (Å²) in [4.78, 5) is 22.2. The molecular weight excluding hydrogens is 423 g/mol. The minimum absolute atomic E-state index is 0.00324. The third kappa shape index (κ3) is 5.63. The number of hydrogen-bond donors (Lipinski definition) is 2. The SMILES string of the molecule is CCOC(=O)[C@](C)(N=Cc1ccccc1O)[C@@H](N=Cc1ccccc1O)c1ccc(F)cc1. The summed E-state index contributed by atoms with van der Waals surface area (Å²) >= 11 is 0. The number of aliphatic imine (C=N–C) groups is 2. The van der Waals surface area contributed by atoms with Crippen molar-refractivity contribution < 1.29 is 24.1 Å². The van der Waals surface area contributed by atoms with E-state index < -0.39 is 23.4 Å². The van der Waals surface area contributed by atoms with Crippen LogP contribution in [0, 0.1) is 5.82 Å². The molecule has 7 heteroatoms. The number of aromatic hydroxyl groups is 2. The molecule has 0 spiro atoms. The molecule has 3 aromatic rings. The Morgan fingerprint density at radius 2 is 1.52 bits per heavy atom. The fourth-order valence-electron chi connectivity index (χ4n) is 3.26. The highest BCUT2D eigenvalue weighted by atomic mass is 19.1. The molecule has 0 radical (unpaired) electrons. The van der Waals surface area contributed by atoms with Gasteiger partial charge in [-0.3, -0.25) is 9.98 Å². The van der Waals surface area contributed by atoms with Gasteiger partial charge in [-0.25, -0.2) is 9.18 Å². The van der Waals surface area contributed by atoms with E-state index >= 15 is 0 Å². The number of ether oxygens (including phenoxy) is 1. The number of carbonyl (C=O) groups is 1. The number of halogens is 1. The molecule has 2 atom stereocenters. The van der Waals surface area contributed by atoms with Crippen molar-refractivity contribution in [3.8, 4) is 11.5 Å². The van der Waals surface area contributed by atoms with Gasteiger partial charge in [0.15, 0.2) is 5.54 Å². The summed E-state index contributed by atoms with van der Waals surface area (Å²) < 4.78 is 18.9. The zero-order valence-corrected chi connectivity index (χ0v) is 18.4. The molecular formula is C26H25FN2O4. The maximum Gasteiger partial charge on any atom is 0.336 e. The molecule has 170 valence electrons. The second-order valence-corrected chi connectivity index (χ2v) is 7.48. The molecule has 0 fully saturated rings. The van der Waals surface area contributed by atoms with Gasteiger partial charge in [0.1, 0.15) is 23.4 Å². The maximum atomic E-state index is 13.6. The second kappa shape index (κ2) is 10.5. The van der Waals surface area contributed by atoms with E-state index in [4.69, 9.17) is 4.74 Å². The van der Waals surface area contributed by atoms with E-state index in [2.05, 4.69) is 9.98 Å². The van der Waals surface area contributed by atoms with Crippen LogP contribution in [0.1, 0.15) is 36.6 Å². The molecule has 33 heavy (non-hydrogen) atoms. The van der Waals surface area contributed by atoms with Gasteiger partial charge in [0.05, 0.1) is 6.61 Å². The quantitative estimate of drug-likeness (QED) is 0.381. The number of phenols is 2. The third-order valence-electron chi connectivity index (χ3n) is 5.11. The van der Waals surface area contributed by atoms with Crippen LogP contribution in [0.15, 0.2) is 82.8 Å². The van der Waals surface area contributed by atoms with E-state index in [0.29, 0.717) is 16.7 Å². The summed E-state index contributed by atoms with van der Waals surface area (Å²) in [6.07, 6.45) is 2.83. The van der Waals surface area contributed by atoms with Gasteiger partial charge in [-0.15, -0.1) is 0 Å². The number of rotatable bonds is 8. The normalized spacial score (nSPS) is 14.3. The molecule has 0 aliphatic heterocycles. The lowest BCUT2D eigenvalue weighted by atomic mass is 9.87. The fourth-order valence-corrected chi connectivity index (χ4v) is 3.26. The highest BCUT2D eigenvalue weighted by molar-refractivity contribution is 5.90. The van der Waals surface area contributed by atoms with Crippen molar-refractivity contribution in [3.63, 3.8) is 0 Å². The second-order valence-electron chi connectivity index (χ2n) is 7.48. The lowest BCUT2D eigenvalue weighted by molar-refractivity contribution is -0.149. The molecule has 6 nitrogen and oxygen atoms in total. The lowest BCUT2D eigenvalue weighted by Crippen LogP contribution is -2.41. The summed E-state index contributed by atoms with van der Waals surface area (Å²) in [5, 5.41) is 20.2. The van der Waals surface area contributed by atoms with Gasteiger partial charge in [-0.05, 0) is 55.8 Å². The first kappa shape index (κ1) is 23.7. The van der Waals surface area contributed by atoms with Crippen molar-refractivity contribution in [1.29, 1.82) is 0 Å². The van der Waals surface area contributed by atoms with Gasteiger partial charge in [-0.1, -0.05) is 36.4 Å². The van der Waals surface area contributed by atoms with E-state index in [-0.39, 0.29) is 18.1 Å². The largest absolute Gasteiger partial charge is 0.507 e. The first-order valence-electron chi connectivity index (χ1n) is 10.4. The van der Waals surface area contributed by atoms with Crippen molar-refractivity contribution >= 4 is 18.4 Å². The van der Waals surface area contributed by atoms with Crippen LogP contribution in [-0.4, -0.2) is 40.8 Å². The predicted octanol–water partition coefficient (Wildman–Crippen LogP) is 4.84. The fraction of sp³-hybridized carbons (Fsp3) is 0.192. The molecule has 0 amide bonds. The average Bonchev–Trinajstić information content (AvgIpc) is 2.81. The van der Waals surface area contributed by atoms with Crippen LogP contribution in [0.5, 0.6) is 11.5 Å². The van der Waals surface area contributed by atoms with Crippen LogP contribution in [0.4, 0.5) is 4.39 Å². The summed E-state index contributed by atoms with van der Waals surface area (Å²) in [7, 11) is 0. The summed E-state index contributed by atoms with van der Waals surface area (Å²) in [6.45, 7) is 3.38. The zero-order chi connectivity index (χ0) is 23.8. The Hall–Kier alpha value is -4.00. The summed E-state index contributed by atoms with van der Waals surface area (Å²) in [6, 6.07) is 17.9. The van der Waals surface area contributed by atoms with Crippen LogP contribution in [0.3, 0.4) is 0 Å². The third-order valence-corrected chi connectivity index (χ3v) is 5.11. The minimum atomic E-state index is -1.56. The van der Waals surface area contributed by atoms with Gasteiger partial charge < -0.3 is 14.9 Å². The Bertz CT molecular complexity index is 1160. The van der Waals surface area contributed by atoms with Crippen LogP contribution in [0.2, 0.25) is 0 Å². The van der Waals surface area contributed by atoms with Crippen molar-refractivity contribution in [2.24, 2.45) is 9.98 Å². The topological polar surface area (TPSA) is 91.5 Å². The Balaban J connectivity index is 2.13. The van der Waals surface area contributed by atoms with Crippen molar-refractivity contribution in [2.75, 3.05) is 6.61 Å². The van der Waals surface area contributed by atoms with Crippen LogP contribution in [-0.2, 0) is 9.53 Å². The Morgan fingerprint density at radius 1 is 0.970 bits per heavy atom. The number of carbonyl (C=O) groups excluding carboxylic acids is 1. The molecule has 0 heterocycles. The monoisotopic (exact) mass is 448 g/mol. The molecule has 0 saturated carbocycles. The number of esters is 1. The van der Waals surface area contributed by atoms with Crippen molar-refractivity contribution in [3.05, 3.63) is 95.3 Å². The van der Waals surface area contributed by atoms with Gasteiger partial charge >= 0.3 is 5.97 Å². The Morgan fingerprint density at radius 3 is 2.06 bits per heavy atom. The van der Waals surface area contributed by atoms with E-state index in [9.17, 15) is 19.4 Å².